The maximum absolute atomic E-state index is 11.7. The van der Waals surface area contributed by atoms with Gasteiger partial charge in [0.2, 0.25) is 6.41 Å². The molecule has 0 radical (unpaired) electrons. The van der Waals surface area contributed by atoms with Gasteiger partial charge in [0.15, 0.2) is 0 Å². The highest BCUT2D eigenvalue weighted by Crippen LogP contribution is 1.80. The topological polar surface area (TPSA) is 29.1 Å². The second-order valence-electron chi connectivity index (χ2n) is 1.31. The number of hydrogen-bond donors (Lipinski definition) is 1. The molecule has 0 saturated heterocycles. The van der Waals surface area contributed by atoms with E-state index in [2.05, 4.69) is 5.32 Å². The summed E-state index contributed by atoms with van der Waals surface area (Å²) in [5, 5.41) is 2.19. The van der Waals surface area contributed by atoms with Crippen molar-refractivity contribution in [1.29, 1.82) is 0 Å². The molecule has 42 valence electrons. The van der Waals surface area contributed by atoms with Crippen LogP contribution in [-0.4, -0.2) is 19.1 Å². The van der Waals surface area contributed by atoms with Crippen LogP contribution in [0, 0.1) is 0 Å². The molecule has 0 aliphatic heterocycles. The molecule has 0 fully saturated rings. The van der Waals surface area contributed by atoms with Gasteiger partial charge in [-0.25, -0.2) is 4.39 Å². The summed E-state index contributed by atoms with van der Waals surface area (Å²) in [5.74, 6) is 0. The van der Waals surface area contributed by atoms with Gasteiger partial charge in [0.25, 0.3) is 0 Å². The van der Waals surface area contributed by atoms with Crippen molar-refractivity contribution < 1.29 is 9.18 Å². The minimum Gasteiger partial charge on any atom is -0.356 e. The lowest BCUT2D eigenvalue weighted by atomic mass is 10.4. The van der Waals surface area contributed by atoms with E-state index in [1.165, 1.54) is 6.92 Å². The van der Waals surface area contributed by atoms with E-state index in [-0.39, 0.29) is 6.54 Å². The summed E-state index contributed by atoms with van der Waals surface area (Å²) in [5.41, 5.74) is 0. The Labute approximate surface area is 41.7 Å². The number of nitrogens with one attached hydrogen (secondary N) is 1. The van der Waals surface area contributed by atoms with Gasteiger partial charge in [0.1, 0.15) is 6.17 Å². The Kier molecular flexibility index (Phi) is 3.28. The fourth-order valence-corrected chi connectivity index (χ4v) is 0.211. The van der Waals surface area contributed by atoms with Crippen LogP contribution in [0.1, 0.15) is 6.92 Å². The largest absolute Gasteiger partial charge is 0.356 e. The summed E-state index contributed by atoms with van der Waals surface area (Å²) in [6.07, 6.45) is -0.457. The zero-order chi connectivity index (χ0) is 5.70. The molecule has 1 amide bonds. The monoisotopic (exact) mass is 105 g/mol. The summed E-state index contributed by atoms with van der Waals surface area (Å²) >= 11 is 0. The molecular formula is C4H8FNO. The molecule has 1 atom stereocenters. The van der Waals surface area contributed by atoms with Crippen molar-refractivity contribution in [3.63, 3.8) is 0 Å². The lowest BCUT2D eigenvalue weighted by Gasteiger charge is -1.95. The van der Waals surface area contributed by atoms with Crippen molar-refractivity contribution in [3.8, 4) is 0 Å². The van der Waals surface area contributed by atoms with Gasteiger partial charge in [-0.05, 0) is 6.92 Å². The molecule has 7 heavy (non-hydrogen) atoms. The van der Waals surface area contributed by atoms with Gasteiger partial charge < -0.3 is 5.32 Å². The minimum atomic E-state index is -0.940. The predicted molar refractivity (Wildman–Crippen MR) is 24.6 cm³/mol. The van der Waals surface area contributed by atoms with E-state index in [0.717, 1.165) is 0 Å². The number of halogens is 1. The first-order chi connectivity index (χ1) is 3.27. The average molecular weight is 105 g/mol. The summed E-state index contributed by atoms with van der Waals surface area (Å²) < 4.78 is 11.7. The van der Waals surface area contributed by atoms with Gasteiger partial charge in [-0.1, -0.05) is 0 Å². The van der Waals surface area contributed by atoms with Gasteiger partial charge in [-0.3, -0.25) is 4.79 Å². The fourth-order valence-electron chi connectivity index (χ4n) is 0.211. The standard InChI is InChI=1S/C4H8FNO/c1-4(5)2-6-3-7/h3-4H,2H2,1H3,(H,6,7). The van der Waals surface area contributed by atoms with Crippen LogP contribution in [0.15, 0.2) is 0 Å². The third-order valence-electron chi connectivity index (χ3n) is 0.482. The summed E-state index contributed by atoms with van der Waals surface area (Å²) in [6.45, 7) is 1.50. The van der Waals surface area contributed by atoms with Crippen molar-refractivity contribution in [3.05, 3.63) is 0 Å². The number of carbonyl (C=O) groups is 1. The Morgan fingerprint density at radius 3 is 2.71 bits per heavy atom. The Morgan fingerprint density at radius 1 is 2.00 bits per heavy atom. The van der Waals surface area contributed by atoms with E-state index in [1.54, 1.807) is 0 Å². The SMILES string of the molecule is CC(F)CNC=O. The molecule has 0 aliphatic carbocycles. The highest BCUT2D eigenvalue weighted by Gasteiger charge is 1.91. The third kappa shape index (κ3) is 5.40. The molecule has 0 heterocycles. The Bertz CT molecular complexity index is 55.7. The minimum absolute atomic E-state index is 0.115. The Balaban J connectivity index is 2.81. The highest BCUT2D eigenvalue weighted by molar-refractivity contribution is 5.45. The molecule has 0 aromatic heterocycles. The van der Waals surface area contributed by atoms with Crippen molar-refractivity contribution in [2.24, 2.45) is 0 Å². The molecule has 0 spiro atoms. The third-order valence-corrected chi connectivity index (χ3v) is 0.482. The van der Waals surface area contributed by atoms with E-state index in [1.807, 2.05) is 0 Å². The van der Waals surface area contributed by atoms with E-state index in [4.69, 9.17) is 0 Å². The van der Waals surface area contributed by atoms with Crippen molar-refractivity contribution in [2.75, 3.05) is 6.54 Å². The molecule has 0 rings (SSSR count). The average Bonchev–Trinajstić information content (AvgIpc) is 1.61. The zero-order valence-electron chi connectivity index (χ0n) is 4.15. The quantitative estimate of drug-likeness (QED) is 0.506. The molecule has 0 bridgehead atoms. The van der Waals surface area contributed by atoms with Crippen molar-refractivity contribution in [1.82, 2.24) is 5.32 Å². The first-order valence-corrected chi connectivity index (χ1v) is 2.08. The van der Waals surface area contributed by atoms with Crippen LogP contribution in [0.5, 0.6) is 0 Å². The Morgan fingerprint density at radius 2 is 2.57 bits per heavy atom. The van der Waals surface area contributed by atoms with Crippen LogP contribution in [0.2, 0.25) is 0 Å². The number of alkyl halides is 1. The van der Waals surface area contributed by atoms with Gasteiger partial charge in [-0.2, -0.15) is 0 Å². The molecule has 2 nitrogen and oxygen atoms in total. The van der Waals surface area contributed by atoms with E-state index < -0.39 is 6.17 Å². The first kappa shape index (κ1) is 6.40. The predicted octanol–water partition coefficient (Wildman–Crippen LogP) is 0.0904. The molecule has 0 aromatic carbocycles. The van der Waals surface area contributed by atoms with E-state index >= 15 is 0 Å². The van der Waals surface area contributed by atoms with Crippen LogP contribution in [0.4, 0.5) is 4.39 Å². The van der Waals surface area contributed by atoms with Crippen LogP contribution in [0.25, 0.3) is 0 Å². The first-order valence-electron chi connectivity index (χ1n) is 2.08. The highest BCUT2D eigenvalue weighted by atomic mass is 19.1. The lowest BCUT2D eigenvalue weighted by Crippen LogP contribution is -2.19. The molecule has 0 aliphatic rings. The number of carbonyl (C=O) groups excluding carboxylic acids is 1. The van der Waals surface area contributed by atoms with E-state index in [0.29, 0.717) is 6.41 Å². The molecule has 1 unspecified atom stereocenters. The van der Waals surface area contributed by atoms with Crippen molar-refractivity contribution >= 4 is 6.41 Å². The van der Waals surface area contributed by atoms with Crippen LogP contribution in [0.3, 0.4) is 0 Å². The second kappa shape index (κ2) is 3.59. The maximum atomic E-state index is 11.7. The van der Waals surface area contributed by atoms with Crippen molar-refractivity contribution in [2.45, 2.75) is 13.1 Å². The Hall–Kier alpha value is -0.600. The lowest BCUT2D eigenvalue weighted by molar-refractivity contribution is -0.109. The number of hydrogen-bond acceptors (Lipinski definition) is 1. The number of amides is 1. The normalized spacial score (nSPS) is 12.9. The second-order valence-corrected chi connectivity index (χ2v) is 1.31. The fraction of sp³-hybridized carbons (Fsp3) is 0.750. The van der Waals surface area contributed by atoms with Gasteiger partial charge in [0, 0.05) is 6.54 Å². The summed E-state index contributed by atoms with van der Waals surface area (Å²) in [4.78, 5) is 9.43. The maximum Gasteiger partial charge on any atom is 0.207 e. The van der Waals surface area contributed by atoms with Gasteiger partial charge >= 0.3 is 0 Å². The number of rotatable bonds is 3. The summed E-state index contributed by atoms with van der Waals surface area (Å²) in [6, 6.07) is 0. The zero-order valence-corrected chi connectivity index (χ0v) is 4.15. The summed E-state index contributed by atoms with van der Waals surface area (Å²) in [7, 11) is 0. The smallest absolute Gasteiger partial charge is 0.207 e. The molecule has 0 saturated carbocycles. The van der Waals surface area contributed by atoms with Crippen LogP contribution < -0.4 is 5.32 Å². The van der Waals surface area contributed by atoms with Gasteiger partial charge in [0.05, 0.1) is 0 Å². The van der Waals surface area contributed by atoms with Gasteiger partial charge in [-0.15, -0.1) is 0 Å². The molecular weight excluding hydrogens is 97.0 g/mol. The molecule has 0 aromatic rings. The van der Waals surface area contributed by atoms with E-state index in [9.17, 15) is 9.18 Å². The molecule has 3 heteroatoms. The molecule has 1 N–H and O–H groups in total. The van der Waals surface area contributed by atoms with Crippen LogP contribution in [-0.2, 0) is 4.79 Å². The van der Waals surface area contributed by atoms with Crippen LogP contribution >= 0.6 is 0 Å².